The number of aldehydes is 1. The Labute approximate surface area is 84.4 Å². The summed E-state index contributed by atoms with van der Waals surface area (Å²) in [4.78, 5) is 23.0. The minimum Gasteiger partial charge on any atom is -0.303 e. The highest BCUT2D eigenvalue weighted by Gasteiger charge is 2.54. The van der Waals surface area contributed by atoms with E-state index in [9.17, 15) is 9.59 Å². The molecular formula is C12H16O2. The highest BCUT2D eigenvalue weighted by atomic mass is 16.1. The second-order valence-electron chi connectivity index (χ2n) is 4.90. The summed E-state index contributed by atoms with van der Waals surface area (Å²) in [6, 6.07) is 0. The van der Waals surface area contributed by atoms with Crippen LogP contribution in [-0.2, 0) is 9.59 Å². The van der Waals surface area contributed by atoms with Gasteiger partial charge in [-0.1, -0.05) is 32.9 Å². The van der Waals surface area contributed by atoms with Gasteiger partial charge < -0.3 is 4.79 Å². The Balaban J connectivity index is 2.46. The van der Waals surface area contributed by atoms with Crippen molar-refractivity contribution in [3.8, 4) is 0 Å². The number of ketones is 1. The molecule has 76 valence electrons. The van der Waals surface area contributed by atoms with Gasteiger partial charge in [-0.15, -0.1) is 0 Å². The van der Waals surface area contributed by atoms with E-state index in [-0.39, 0.29) is 29.1 Å². The van der Waals surface area contributed by atoms with E-state index in [0.29, 0.717) is 5.78 Å². The molecule has 1 fully saturated rings. The van der Waals surface area contributed by atoms with Crippen LogP contribution in [0.2, 0.25) is 0 Å². The summed E-state index contributed by atoms with van der Waals surface area (Å²) < 4.78 is 0. The van der Waals surface area contributed by atoms with E-state index < -0.39 is 0 Å². The average molecular weight is 192 g/mol. The van der Waals surface area contributed by atoms with Crippen LogP contribution < -0.4 is 0 Å². The van der Waals surface area contributed by atoms with Crippen molar-refractivity contribution in [1.82, 2.24) is 0 Å². The molecule has 2 aliphatic rings. The molecule has 0 aliphatic heterocycles. The Kier molecular flexibility index (Phi) is 1.91. The van der Waals surface area contributed by atoms with Crippen molar-refractivity contribution < 1.29 is 9.59 Å². The molecule has 14 heavy (non-hydrogen) atoms. The van der Waals surface area contributed by atoms with Crippen LogP contribution in [0.4, 0.5) is 0 Å². The second-order valence-corrected chi connectivity index (χ2v) is 4.90. The predicted octanol–water partition coefficient (Wildman–Crippen LogP) is 1.85. The molecule has 2 heteroatoms. The fourth-order valence-electron chi connectivity index (χ4n) is 3.21. The quantitative estimate of drug-likeness (QED) is 0.469. The Hall–Kier alpha value is -0.920. The Morgan fingerprint density at radius 1 is 1.21 bits per heavy atom. The lowest BCUT2D eigenvalue weighted by molar-refractivity contribution is -0.140. The number of hydrogen-bond acceptors (Lipinski definition) is 2. The number of Topliss-reactive ketones (excluding diaryl/α,β-unsaturated/α-hetero) is 1. The lowest BCUT2D eigenvalue weighted by Crippen LogP contribution is -2.48. The van der Waals surface area contributed by atoms with Gasteiger partial charge in [0.05, 0.1) is 0 Å². The molecule has 2 rings (SSSR count). The van der Waals surface area contributed by atoms with E-state index in [1.807, 2.05) is 20.8 Å². The summed E-state index contributed by atoms with van der Waals surface area (Å²) >= 11 is 0. The number of rotatable bonds is 1. The monoisotopic (exact) mass is 192 g/mol. The maximum Gasteiger partial charge on any atom is 0.139 e. The molecule has 5 atom stereocenters. The van der Waals surface area contributed by atoms with Crippen molar-refractivity contribution in [2.75, 3.05) is 0 Å². The fraction of sp³-hybridized carbons (Fsp3) is 0.667. The van der Waals surface area contributed by atoms with Crippen molar-refractivity contribution in [3.63, 3.8) is 0 Å². The maximum absolute atomic E-state index is 11.8. The highest BCUT2D eigenvalue weighted by Crippen LogP contribution is 2.53. The van der Waals surface area contributed by atoms with Crippen LogP contribution in [0.15, 0.2) is 12.2 Å². The van der Waals surface area contributed by atoms with E-state index in [0.717, 1.165) is 6.29 Å². The molecule has 0 aromatic heterocycles. The Morgan fingerprint density at radius 2 is 1.64 bits per heavy atom. The van der Waals surface area contributed by atoms with Gasteiger partial charge >= 0.3 is 0 Å². The maximum atomic E-state index is 11.8. The Bertz CT molecular complexity index is 294. The van der Waals surface area contributed by atoms with Crippen LogP contribution in [-0.4, -0.2) is 12.1 Å². The van der Waals surface area contributed by atoms with Crippen LogP contribution in [0, 0.1) is 29.1 Å². The molecule has 0 saturated heterocycles. The lowest BCUT2D eigenvalue weighted by Gasteiger charge is -2.42. The fourth-order valence-corrected chi connectivity index (χ4v) is 3.21. The van der Waals surface area contributed by atoms with E-state index in [1.165, 1.54) is 0 Å². The average Bonchev–Trinajstić information content (AvgIpc) is 2.47. The number of allylic oxidation sites excluding steroid dienone is 2. The molecule has 0 heterocycles. The number of fused-ring (bicyclic) bond motifs is 2. The zero-order valence-electron chi connectivity index (χ0n) is 8.86. The third-order valence-electron chi connectivity index (χ3n) is 4.19. The Morgan fingerprint density at radius 3 is 2.00 bits per heavy atom. The first-order valence-electron chi connectivity index (χ1n) is 5.20. The SMILES string of the molecule is C[C@@H]1C(=O)[C@H](C)[C@@H]2C=C[C@H]1C2(C)C=O. The van der Waals surface area contributed by atoms with E-state index in [4.69, 9.17) is 0 Å². The third-order valence-corrected chi connectivity index (χ3v) is 4.19. The van der Waals surface area contributed by atoms with Gasteiger partial charge in [0.25, 0.3) is 0 Å². The van der Waals surface area contributed by atoms with Crippen molar-refractivity contribution in [3.05, 3.63) is 12.2 Å². The molecule has 2 nitrogen and oxygen atoms in total. The summed E-state index contributed by atoms with van der Waals surface area (Å²) in [6.07, 6.45) is 5.16. The number of hydrogen-bond donors (Lipinski definition) is 0. The van der Waals surface area contributed by atoms with Crippen molar-refractivity contribution >= 4 is 12.1 Å². The molecule has 0 aromatic carbocycles. The van der Waals surface area contributed by atoms with Gasteiger partial charge in [0.2, 0.25) is 0 Å². The summed E-state index contributed by atoms with van der Waals surface area (Å²) in [7, 11) is 0. The van der Waals surface area contributed by atoms with Gasteiger partial charge in [0.1, 0.15) is 12.1 Å². The molecule has 0 N–H and O–H groups in total. The van der Waals surface area contributed by atoms with Crippen molar-refractivity contribution in [1.29, 1.82) is 0 Å². The predicted molar refractivity (Wildman–Crippen MR) is 53.6 cm³/mol. The van der Waals surface area contributed by atoms with E-state index >= 15 is 0 Å². The van der Waals surface area contributed by atoms with Crippen molar-refractivity contribution in [2.24, 2.45) is 29.1 Å². The number of carbonyl (C=O) groups excluding carboxylic acids is 2. The molecule has 0 amide bonds. The molecule has 1 unspecified atom stereocenters. The molecule has 0 aromatic rings. The zero-order valence-corrected chi connectivity index (χ0v) is 8.86. The summed E-state index contributed by atoms with van der Waals surface area (Å²) in [5.41, 5.74) is -0.341. The molecule has 0 radical (unpaired) electrons. The summed E-state index contributed by atoms with van der Waals surface area (Å²) in [6.45, 7) is 5.86. The van der Waals surface area contributed by atoms with Crippen LogP contribution >= 0.6 is 0 Å². The molecule has 2 aliphatic carbocycles. The lowest BCUT2D eigenvalue weighted by atomic mass is 9.58. The third kappa shape index (κ3) is 0.915. The van der Waals surface area contributed by atoms with Gasteiger partial charge in [-0.05, 0) is 11.8 Å². The van der Waals surface area contributed by atoms with Crippen molar-refractivity contribution in [2.45, 2.75) is 20.8 Å². The molecular weight excluding hydrogens is 176 g/mol. The minimum atomic E-state index is -0.341. The first-order chi connectivity index (χ1) is 6.52. The normalized spacial score (nSPS) is 50.9. The van der Waals surface area contributed by atoms with Gasteiger partial charge in [0, 0.05) is 17.3 Å². The van der Waals surface area contributed by atoms with E-state index in [2.05, 4.69) is 12.2 Å². The van der Waals surface area contributed by atoms with Crippen LogP contribution in [0.3, 0.4) is 0 Å². The number of carbonyl (C=O) groups is 2. The smallest absolute Gasteiger partial charge is 0.139 e. The minimum absolute atomic E-state index is 0.00444. The van der Waals surface area contributed by atoms with Crippen LogP contribution in [0.5, 0.6) is 0 Å². The van der Waals surface area contributed by atoms with Gasteiger partial charge in [-0.25, -0.2) is 0 Å². The van der Waals surface area contributed by atoms with Gasteiger partial charge in [-0.3, -0.25) is 4.79 Å². The molecule has 1 saturated carbocycles. The van der Waals surface area contributed by atoms with Gasteiger partial charge in [0.15, 0.2) is 0 Å². The van der Waals surface area contributed by atoms with Crippen LogP contribution in [0.25, 0.3) is 0 Å². The summed E-state index contributed by atoms with van der Waals surface area (Å²) in [5, 5.41) is 0. The second kappa shape index (κ2) is 2.78. The zero-order chi connectivity index (χ0) is 10.5. The first kappa shape index (κ1) is 9.63. The van der Waals surface area contributed by atoms with Gasteiger partial charge in [-0.2, -0.15) is 0 Å². The van der Waals surface area contributed by atoms with E-state index in [1.54, 1.807) is 0 Å². The largest absolute Gasteiger partial charge is 0.303 e. The summed E-state index contributed by atoms with van der Waals surface area (Å²) in [5.74, 6) is 0.539. The topological polar surface area (TPSA) is 34.1 Å². The highest BCUT2D eigenvalue weighted by molar-refractivity contribution is 5.88. The first-order valence-corrected chi connectivity index (χ1v) is 5.20. The van der Waals surface area contributed by atoms with Crippen LogP contribution in [0.1, 0.15) is 20.8 Å². The standard InChI is InChI=1S/C12H16O2/c1-7-9-4-5-10(8(2)11(7)14)12(9,3)6-13/h4-10H,1-3H3/t7-,8+,9+,10-,12?. The molecule has 0 spiro atoms. The molecule has 2 bridgehead atoms.